The largest absolute Gasteiger partial charge is 0.519 e. The van der Waals surface area contributed by atoms with Gasteiger partial charge >= 0.3 is 46.6 Å². The minimum Gasteiger partial charge on any atom is -0.437 e. The molecule has 4 aromatic carbocycles. The lowest BCUT2D eigenvalue weighted by Gasteiger charge is -2.41. The van der Waals surface area contributed by atoms with Crippen molar-refractivity contribution in [1.82, 2.24) is 0 Å². The highest BCUT2D eigenvalue weighted by Crippen LogP contribution is 2.35. The van der Waals surface area contributed by atoms with E-state index >= 15 is 0 Å². The molecular weight excluding hydrogens is 1050 g/mol. The van der Waals surface area contributed by atoms with Gasteiger partial charge in [-0.3, -0.25) is 0 Å². The predicted octanol–water partition coefficient (Wildman–Crippen LogP) is 16.0. The van der Waals surface area contributed by atoms with Crippen LogP contribution >= 0.6 is 0 Å². The third-order valence-electron chi connectivity index (χ3n) is 11.0. The molecule has 0 bridgehead atoms. The average molecular weight is 1140 g/mol. The van der Waals surface area contributed by atoms with Gasteiger partial charge in [0.25, 0.3) is 0 Å². The van der Waals surface area contributed by atoms with E-state index in [9.17, 15) is 9.59 Å². The zero-order chi connectivity index (χ0) is 54.9. The smallest absolute Gasteiger partial charge is 0.437 e. The molecule has 4 aromatic rings. The maximum Gasteiger partial charge on any atom is 0.519 e. The molecule has 404 valence electrons. The van der Waals surface area contributed by atoms with Gasteiger partial charge in [0.15, 0.2) is 33.3 Å². The lowest BCUT2D eigenvalue weighted by molar-refractivity contribution is 0.150. The van der Waals surface area contributed by atoms with Crippen molar-refractivity contribution in [2.45, 2.75) is 175 Å². The van der Waals surface area contributed by atoms with Crippen molar-refractivity contribution < 1.29 is 53.2 Å². The molecule has 4 rings (SSSR count). The Balaban J connectivity index is 1.29. The van der Waals surface area contributed by atoms with E-state index in [1.165, 1.54) is 0 Å². The van der Waals surface area contributed by atoms with Crippen molar-refractivity contribution in [2.24, 2.45) is 0 Å². The fraction of sp³-hybridized carbons (Fsp3) is 0.509. The summed E-state index contributed by atoms with van der Waals surface area (Å²) in [6.45, 7) is 43.5. The quantitative estimate of drug-likeness (QED) is 0.0337. The number of hydrogen-bond donors (Lipinski definition) is 0. The first-order valence-corrected chi connectivity index (χ1v) is 50.0. The molecule has 0 spiro atoms. The topological polar surface area (TPSA) is 126 Å². The maximum absolute atomic E-state index is 13.0. The summed E-state index contributed by atoms with van der Waals surface area (Å²) in [7, 11) is -17.2. The molecule has 0 saturated carbocycles. The van der Waals surface area contributed by atoms with Gasteiger partial charge in [-0.05, 0) is 226 Å². The summed E-state index contributed by atoms with van der Waals surface area (Å²) in [6.07, 6.45) is 1.66. The van der Waals surface area contributed by atoms with Crippen LogP contribution in [0.5, 0.6) is 23.0 Å². The Morgan fingerprint density at radius 1 is 0.384 bits per heavy atom. The monoisotopic (exact) mass is 1140 g/mol. The number of ether oxygens (including phenoxy) is 4. The van der Waals surface area contributed by atoms with Crippen LogP contribution in [0.4, 0.5) is 9.59 Å². The minimum atomic E-state index is -2.54. The van der Waals surface area contributed by atoms with Crippen molar-refractivity contribution >= 4 is 79.8 Å². The van der Waals surface area contributed by atoms with E-state index in [0.717, 1.165) is 60.0 Å². The zero-order valence-electron chi connectivity index (χ0n) is 47.9. The molecule has 0 saturated heterocycles. The molecule has 0 fully saturated rings. The van der Waals surface area contributed by atoms with Crippen molar-refractivity contribution in [3.05, 3.63) is 119 Å². The van der Waals surface area contributed by atoms with Crippen molar-refractivity contribution in [3.8, 4) is 23.0 Å². The normalized spacial score (nSPS) is 14.7. The van der Waals surface area contributed by atoms with Crippen molar-refractivity contribution in [1.29, 1.82) is 0 Å². The van der Waals surface area contributed by atoms with E-state index in [1.54, 1.807) is 36.4 Å². The first-order valence-electron chi connectivity index (χ1n) is 25.7. The van der Waals surface area contributed by atoms with Gasteiger partial charge in [-0.25, -0.2) is 9.59 Å². The molecule has 0 N–H and O–H groups in total. The highest BCUT2D eigenvalue weighted by Gasteiger charge is 2.45. The molecule has 12 nitrogen and oxygen atoms in total. The maximum atomic E-state index is 13.0. The lowest BCUT2D eigenvalue weighted by Crippen LogP contribution is -2.56. The van der Waals surface area contributed by atoms with E-state index in [4.69, 9.17) is 43.6 Å². The second-order valence-corrected chi connectivity index (χ2v) is 57.6. The van der Waals surface area contributed by atoms with Gasteiger partial charge in [-0.15, -0.1) is 0 Å². The van der Waals surface area contributed by atoms with E-state index < -0.39 is 85.2 Å². The fourth-order valence-electron chi connectivity index (χ4n) is 9.33. The molecule has 2 unspecified atom stereocenters. The summed E-state index contributed by atoms with van der Waals surface area (Å²) in [5.41, 5.74) is 3.65. The number of benzene rings is 4. The highest BCUT2D eigenvalue weighted by molar-refractivity contribution is 6.90. The molecule has 0 heterocycles. The molecule has 0 aliphatic rings. The summed E-state index contributed by atoms with van der Waals surface area (Å²) >= 11 is 0. The number of aryl methyl sites for hydroxylation is 2. The molecule has 0 radical (unpaired) electrons. The molecule has 0 amide bonds. The first kappa shape index (κ1) is 62.5. The summed E-state index contributed by atoms with van der Waals surface area (Å²) in [4.78, 5) is 25.9. The Morgan fingerprint density at radius 2 is 0.685 bits per heavy atom. The Kier molecular flexibility index (Phi) is 21.3. The van der Waals surface area contributed by atoms with Crippen LogP contribution in [0, 0.1) is 0 Å². The molecule has 2 atom stereocenters. The van der Waals surface area contributed by atoms with Crippen LogP contribution in [-0.4, -0.2) is 79.8 Å². The van der Waals surface area contributed by atoms with Gasteiger partial charge < -0.3 is 43.6 Å². The van der Waals surface area contributed by atoms with Gasteiger partial charge in [0.2, 0.25) is 0 Å². The third-order valence-corrected chi connectivity index (χ3v) is 38.1. The Morgan fingerprint density at radius 3 is 0.986 bits per heavy atom. The summed E-state index contributed by atoms with van der Waals surface area (Å²) in [6, 6.07) is 31.5. The van der Waals surface area contributed by atoms with Crippen LogP contribution < -0.4 is 18.9 Å². The van der Waals surface area contributed by atoms with Crippen LogP contribution in [0.1, 0.15) is 48.9 Å². The summed E-state index contributed by atoms with van der Waals surface area (Å²) < 4.78 is 62.8. The van der Waals surface area contributed by atoms with Crippen LogP contribution in [-0.2, 0) is 42.9 Å². The second kappa shape index (κ2) is 24.9. The van der Waals surface area contributed by atoms with Gasteiger partial charge in [0.05, 0.1) is 0 Å². The lowest BCUT2D eigenvalue weighted by atomic mass is 9.78. The number of rotatable bonds is 26. The molecule has 0 aromatic heterocycles. The molecule has 0 aliphatic carbocycles. The summed E-state index contributed by atoms with van der Waals surface area (Å²) in [5, 5.41) is 0. The fourth-order valence-corrected chi connectivity index (χ4v) is 45.2. The third kappa shape index (κ3) is 23.4. The zero-order valence-corrected chi connectivity index (χ0v) is 55.9. The van der Waals surface area contributed by atoms with Crippen LogP contribution in [0.25, 0.3) is 0 Å². The van der Waals surface area contributed by atoms with Crippen LogP contribution in [0.15, 0.2) is 97.1 Å². The SMILES string of the molecule is CC(C)(c1ccc(OC(=O)Oc2cccc(CCC[Si](C)(O[Si](C)(C)C)O[Si](C)(C)O[Si](C)(C)C)c2)cc1)c1ccc(OC(=O)Oc2cccc(CCC[Si](C)(O[Si](C)(C)C)O[Si](C)(C)O[Si](C)(C)C)c2)cc1. The van der Waals surface area contributed by atoms with E-state index in [-0.39, 0.29) is 0 Å². The van der Waals surface area contributed by atoms with Crippen molar-refractivity contribution in [2.75, 3.05) is 0 Å². The second-order valence-electron chi connectivity index (χ2n) is 24.7. The van der Waals surface area contributed by atoms with Crippen molar-refractivity contribution in [3.63, 3.8) is 0 Å². The van der Waals surface area contributed by atoms with Gasteiger partial charge in [0, 0.05) is 5.41 Å². The average Bonchev–Trinajstić information content (AvgIpc) is 3.17. The minimum absolute atomic E-state index is 0.361. The van der Waals surface area contributed by atoms with Crippen LogP contribution in [0.2, 0.25) is 130 Å². The molecule has 73 heavy (non-hydrogen) atoms. The van der Waals surface area contributed by atoms with Gasteiger partial charge in [0.1, 0.15) is 23.0 Å². The standard InChI is InChI=1S/C53H88O12Si8/c1-53(2,45-31-35-47(36-32-45)56-51(54)58-49-29-21-25-43(41-49)27-23-39-72(19,62-68(9,10)11)64-70(15,16)60-66(3,4)5)46-33-37-48(38-34-46)57-52(55)59-50-30-22-26-44(42-50)28-24-40-73(20,63-69(12,13)14)65-71(17,18)61-67(6,7)8/h21-22,25-26,29-38,41-42H,23-24,27-28,39-40H2,1-20H3. The molecule has 20 heteroatoms. The molecular formula is C53H88O12Si8. The van der Waals surface area contributed by atoms with Crippen LogP contribution in [0.3, 0.4) is 0 Å². The molecule has 0 aliphatic heterocycles. The van der Waals surface area contributed by atoms with E-state index in [0.29, 0.717) is 23.0 Å². The number of hydrogen-bond acceptors (Lipinski definition) is 12. The Hall–Kier alpha value is -3.08. The van der Waals surface area contributed by atoms with Gasteiger partial charge in [-0.1, -0.05) is 62.4 Å². The van der Waals surface area contributed by atoms with Gasteiger partial charge in [-0.2, -0.15) is 0 Å². The predicted molar refractivity (Wildman–Crippen MR) is 316 cm³/mol. The highest BCUT2D eigenvalue weighted by atomic mass is 28.5. The first-order chi connectivity index (χ1) is 33.3. The Labute approximate surface area is 447 Å². The summed E-state index contributed by atoms with van der Waals surface area (Å²) in [5.74, 6) is 1.55. The Bertz CT molecular complexity index is 2260. The number of carbonyl (C=O) groups is 2. The van der Waals surface area contributed by atoms with E-state index in [2.05, 4.69) is 132 Å². The number of carbonyl (C=O) groups excluding carboxylic acids is 2. The van der Waals surface area contributed by atoms with E-state index in [1.807, 2.05) is 60.7 Å².